The van der Waals surface area contributed by atoms with Crippen LogP contribution in [0.5, 0.6) is 0 Å². The zero-order chi connectivity index (χ0) is 15.3. The van der Waals surface area contributed by atoms with Crippen molar-refractivity contribution in [2.24, 2.45) is 5.92 Å². The molecule has 0 bridgehead atoms. The minimum Gasteiger partial charge on any atom is -0.380 e. The van der Waals surface area contributed by atoms with Gasteiger partial charge in [-0.05, 0) is 25.3 Å². The average Bonchev–Trinajstić information content (AvgIpc) is 2.44. The van der Waals surface area contributed by atoms with E-state index in [2.05, 4.69) is 68.2 Å². The van der Waals surface area contributed by atoms with Crippen molar-refractivity contribution in [2.45, 2.75) is 39.3 Å². The highest BCUT2D eigenvalue weighted by Gasteiger charge is 2.32. The summed E-state index contributed by atoms with van der Waals surface area (Å²) in [5, 5.41) is 3.66. The van der Waals surface area contributed by atoms with Crippen molar-refractivity contribution in [3.8, 4) is 0 Å². The van der Waals surface area contributed by atoms with E-state index in [-0.39, 0.29) is 5.54 Å². The molecule has 118 valence electrons. The molecule has 1 aliphatic heterocycles. The van der Waals surface area contributed by atoms with Crippen LogP contribution < -0.4 is 5.32 Å². The Morgan fingerprint density at radius 2 is 2.00 bits per heavy atom. The second kappa shape index (κ2) is 7.39. The van der Waals surface area contributed by atoms with E-state index >= 15 is 0 Å². The van der Waals surface area contributed by atoms with Gasteiger partial charge in [-0.3, -0.25) is 4.90 Å². The van der Waals surface area contributed by atoms with E-state index in [1.807, 2.05) is 0 Å². The predicted octanol–water partition coefficient (Wildman–Crippen LogP) is 3.08. The number of nitrogens with one attached hydrogen (secondary N) is 1. The Labute approximate surface area is 129 Å². The van der Waals surface area contributed by atoms with Crippen LogP contribution in [0.15, 0.2) is 30.3 Å². The van der Waals surface area contributed by atoms with Gasteiger partial charge in [-0.15, -0.1) is 0 Å². The number of rotatable bonds is 6. The van der Waals surface area contributed by atoms with E-state index < -0.39 is 0 Å². The molecule has 0 saturated carbocycles. The van der Waals surface area contributed by atoms with Gasteiger partial charge in [0.05, 0.1) is 6.61 Å². The van der Waals surface area contributed by atoms with Crippen molar-refractivity contribution in [3.63, 3.8) is 0 Å². The van der Waals surface area contributed by atoms with Crippen molar-refractivity contribution in [2.75, 3.05) is 32.8 Å². The molecule has 3 nitrogen and oxygen atoms in total. The first kappa shape index (κ1) is 16.5. The van der Waals surface area contributed by atoms with E-state index in [0.717, 1.165) is 32.8 Å². The van der Waals surface area contributed by atoms with Gasteiger partial charge in [-0.2, -0.15) is 0 Å². The summed E-state index contributed by atoms with van der Waals surface area (Å²) in [7, 11) is 0. The molecule has 0 aliphatic carbocycles. The van der Waals surface area contributed by atoms with Gasteiger partial charge >= 0.3 is 0 Å². The van der Waals surface area contributed by atoms with Crippen LogP contribution in [-0.4, -0.2) is 43.3 Å². The van der Waals surface area contributed by atoms with Crippen LogP contribution >= 0.6 is 0 Å². The van der Waals surface area contributed by atoms with Crippen LogP contribution in [0.3, 0.4) is 0 Å². The first-order chi connectivity index (χ1) is 9.98. The van der Waals surface area contributed by atoms with Gasteiger partial charge in [0, 0.05) is 37.8 Å². The fraction of sp³-hybridized carbons (Fsp3) is 0.667. The fourth-order valence-electron chi connectivity index (χ4n) is 2.92. The Morgan fingerprint density at radius 1 is 1.29 bits per heavy atom. The lowest BCUT2D eigenvalue weighted by molar-refractivity contribution is 0.0413. The smallest absolute Gasteiger partial charge is 0.0593 e. The number of hydrogen-bond acceptors (Lipinski definition) is 3. The number of ether oxygens (including phenoxy) is 1. The van der Waals surface area contributed by atoms with Gasteiger partial charge in [0.25, 0.3) is 0 Å². The van der Waals surface area contributed by atoms with Gasteiger partial charge < -0.3 is 10.1 Å². The molecular weight excluding hydrogens is 260 g/mol. The highest BCUT2D eigenvalue weighted by molar-refractivity contribution is 5.20. The molecule has 1 aromatic rings. The maximum atomic E-state index is 5.79. The van der Waals surface area contributed by atoms with Gasteiger partial charge in [0.1, 0.15) is 0 Å². The Kier molecular flexibility index (Phi) is 5.80. The van der Waals surface area contributed by atoms with Crippen LogP contribution in [0.2, 0.25) is 0 Å². The third-order valence-electron chi connectivity index (χ3n) is 3.97. The number of nitrogens with zero attached hydrogens (tertiary/aromatic N) is 1. The highest BCUT2D eigenvalue weighted by Crippen LogP contribution is 2.26. The molecule has 1 heterocycles. The van der Waals surface area contributed by atoms with Crippen LogP contribution in [0.25, 0.3) is 0 Å². The summed E-state index contributed by atoms with van der Waals surface area (Å²) < 4.78 is 5.79. The molecule has 2 rings (SSSR count). The fourth-order valence-corrected chi connectivity index (χ4v) is 2.92. The molecule has 1 aliphatic rings. The van der Waals surface area contributed by atoms with Gasteiger partial charge in [0.15, 0.2) is 0 Å². The van der Waals surface area contributed by atoms with Gasteiger partial charge in [-0.1, -0.05) is 44.2 Å². The van der Waals surface area contributed by atoms with E-state index in [4.69, 9.17) is 4.74 Å². The number of piperazine rings is 1. The molecule has 1 aromatic carbocycles. The van der Waals surface area contributed by atoms with E-state index in [9.17, 15) is 0 Å². The van der Waals surface area contributed by atoms with Gasteiger partial charge in [0.2, 0.25) is 0 Å². The lowest BCUT2D eigenvalue weighted by Gasteiger charge is -2.44. The maximum Gasteiger partial charge on any atom is 0.0593 e. The monoisotopic (exact) mass is 290 g/mol. The molecule has 0 spiro atoms. The molecule has 0 aromatic heterocycles. The first-order valence-corrected chi connectivity index (χ1v) is 8.10. The van der Waals surface area contributed by atoms with E-state index in [1.165, 1.54) is 5.56 Å². The zero-order valence-electron chi connectivity index (χ0n) is 13.9. The minimum atomic E-state index is 0.170. The summed E-state index contributed by atoms with van der Waals surface area (Å²) in [5.74, 6) is 0.606. The Bertz CT molecular complexity index is 416. The van der Waals surface area contributed by atoms with Crippen molar-refractivity contribution in [1.29, 1.82) is 0 Å². The Morgan fingerprint density at radius 3 is 2.67 bits per heavy atom. The van der Waals surface area contributed by atoms with Crippen LogP contribution in [0.1, 0.15) is 39.3 Å². The molecule has 1 unspecified atom stereocenters. The summed E-state index contributed by atoms with van der Waals surface area (Å²) in [6.45, 7) is 13.7. The second-order valence-electron chi connectivity index (χ2n) is 7.13. The molecule has 0 amide bonds. The lowest BCUT2D eigenvalue weighted by atomic mass is 9.95. The molecular formula is C18H30N2O. The Hall–Kier alpha value is -0.900. The third kappa shape index (κ3) is 5.10. The minimum absolute atomic E-state index is 0.170. The Balaban J connectivity index is 1.97. The van der Waals surface area contributed by atoms with Crippen molar-refractivity contribution < 1.29 is 4.74 Å². The predicted molar refractivity (Wildman–Crippen MR) is 88.5 cm³/mol. The summed E-state index contributed by atoms with van der Waals surface area (Å²) in [4.78, 5) is 2.56. The standard InChI is InChI=1S/C18H30N2O/c1-15(2)13-21-11-10-20-14-18(3,4)19-12-17(20)16-8-6-5-7-9-16/h5-9,15,17,19H,10-14H2,1-4H3. The molecule has 0 radical (unpaired) electrons. The topological polar surface area (TPSA) is 24.5 Å². The summed E-state index contributed by atoms with van der Waals surface area (Å²) >= 11 is 0. The molecule has 1 fully saturated rings. The SMILES string of the molecule is CC(C)COCCN1CC(C)(C)NCC1c1ccccc1. The summed E-state index contributed by atoms with van der Waals surface area (Å²) in [6, 6.07) is 11.2. The van der Waals surface area contributed by atoms with Gasteiger partial charge in [-0.25, -0.2) is 0 Å². The molecule has 1 N–H and O–H groups in total. The van der Waals surface area contributed by atoms with Crippen molar-refractivity contribution in [1.82, 2.24) is 10.2 Å². The highest BCUT2D eigenvalue weighted by atomic mass is 16.5. The largest absolute Gasteiger partial charge is 0.380 e. The van der Waals surface area contributed by atoms with E-state index in [0.29, 0.717) is 12.0 Å². The molecule has 1 saturated heterocycles. The molecule has 21 heavy (non-hydrogen) atoms. The lowest BCUT2D eigenvalue weighted by Crippen LogP contribution is -2.58. The number of benzene rings is 1. The zero-order valence-corrected chi connectivity index (χ0v) is 13.9. The third-order valence-corrected chi connectivity index (χ3v) is 3.97. The summed E-state index contributed by atoms with van der Waals surface area (Å²) in [6.07, 6.45) is 0. The molecule has 3 heteroatoms. The second-order valence-corrected chi connectivity index (χ2v) is 7.13. The maximum absolute atomic E-state index is 5.79. The normalized spacial score (nSPS) is 22.6. The van der Waals surface area contributed by atoms with Crippen LogP contribution in [0.4, 0.5) is 0 Å². The summed E-state index contributed by atoms with van der Waals surface area (Å²) in [5.41, 5.74) is 1.56. The van der Waals surface area contributed by atoms with Crippen LogP contribution in [-0.2, 0) is 4.74 Å². The quantitative estimate of drug-likeness (QED) is 0.815. The first-order valence-electron chi connectivity index (χ1n) is 8.10. The van der Waals surface area contributed by atoms with Crippen molar-refractivity contribution in [3.05, 3.63) is 35.9 Å². The van der Waals surface area contributed by atoms with Crippen LogP contribution in [0, 0.1) is 5.92 Å². The average molecular weight is 290 g/mol. The number of hydrogen-bond donors (Lipinski definition) is 1. The van der Waals surface area contributed by atoms with E-state index in [1.54, 1.807) is 0 Å². The van der Waals surface area contributed by atoms with Crippen molar-refractivity contribution >= 4 is 0 Å². The molecule has 1 atom stereocenters.